The van der Waals surface area contributed by atoms with Gasteiger partial charge in [0.2, 0.25) is 5.91 Å². The van der Waals surface area contributed by atoms with Crippen LogP contribution in [0.4, 0.5) is 13.2 Å². The zero-order chi connectivity index (χ0) is 20.5. The molecule has 4 N–H and O–H groups in total. The average Bonchev–Trinajstić information content (AvgIpc) is 3.31. The molecule has 28 heavy (non-hydrogen) atoms. The number of halogens is 3. The summed E-state index contributed by atoms with van der Waals surface area (Å²) >= 11 is 0. The highest BCUT2D eigenvalue weighted by Crippen LogP contribution is 2.39. The molecule has 2 aliphatic rings. The van der Waals surface area contributed by atoms with Crippen LogP contribution in [-0.2, 0) is 11.0 Å². The number of aliphatic imine (C=N–C) groups is 1. The van der Waals surface area contributed by atoms with E-state index in [0.29, 0.717) is 25.0 Å². The van der Waals surface area contributed by atoms with Crippen LogP contribution in [0.1, 0.15) is 40.2 Å². The molecule has 1 aromatic rings. The molecule has 0 aromatic heterocycles. The summed E-state index contributed by atoms with van der Waals surface area (Å²) in [5.74, 6) is -2.09. The molecule has 9 heteroatoms. The first kappa shape index (κ1) is 19.7. The second kappa shape index (κ2) is 7.49. The first-order valence-corrected chi connectivity index (χ1v) is 8.67. The van der Waals surface area contributed by atoms with Gasteiger partial charge in [0.1, 0.15) is 0 Å². The summed E-state index contributed by atoms with van der Waals surface area (Å²) in [6.45, 7) is 0.577. The number of amides is 2. The number of nitrogens with two attached hydrogens (primary N) is 2. The lowest BCUT2D eigenvalue weighted by Gasteiger charge is -2.20. The van der Waals surface area contributed by atoms with E-state index in [1.807, 2.05) is 6.08 Å². The van der Waals surface area contributed by atoms with Gasteiger partial charge in [0.25, 0.3) is 5.91 Å². The van der Waals surface area contributed by atoms with Crippen LogP contribution in [0.25, 0.3) is 0 Å². The first-order chi connectivity index (χ1) is 13.2. The third-order valence-electron chi connectivity index (χ3n) is 4.80. The summed E-state index contributed by atoms with van der Waals surface area (Å²) in [5.41, 5.74) is 9.76. The highest BCUT2D eigenvalue weighted by Gasteiger charge is 2.38. The predicted molar refractivity (Wildman–Crippen MR) is 97.4 cm³/mol. The fourth-order valence-electron chi connectivity index (χ4n) is 3.48. The molecule has 1 heterocycles. The number of rotatable bonds is 3. The molecule has 0 spiro atoms. The number of nitrogens with zero attached hydrogens (tertiary/aromatic N) is 2. The molecule has 0 radical (unpaired) electrons. The van der Waals surface area contributed by atoms with Gasteiger partial charge in [-0.15, -0.1) is 0 Å². The minimum absolute atomic E-state index is 0.0579. The minimum Gasteiger partial charge on any atom is -0.370 e. The van der Waals surface area contributed by atoms with Crippen LogP contribution in [0.5, 0.6) is 0 Å². The Bertz CT molecular complexity index is 899. The van der Waals surface area contributed by atoms with Crippen molar-refractivity contribution < 1.29 is 22.8 Å². The lowest BCUT2D eigenvalue weighted by atomic mass is 9.91. The van der Waals surface area contributed by atoms with Crippen molar-refractivity contribution in [1.82, 2.24) is 4.90 Å². The maximum Gasteiger partial charge on any atom is 0.416 e. The van der Waals surface area contributed by atoms with E-state index >= 15 is 0 Å². The molecule has 0 bridgehead atoms. The minimum atomic E-state index is -4.65. The smallest absolute Gasteiger partial charge is 0.370 e. The fraction of sp³-hybridized carbons (Fsp3) is 0.316. The van der Waals surface area contributed by atoms with Crippen molar-refractivity contribution in [2.45, 2.75) is 24.9 Å². The molecule has 6 nitrogen and oxygen atoms in total. The topological polar surface area (TPSA) is 102 Å². The van der Waals surface area contributed by atoms with Crippen LogP contribution in [0.2, 0.25) is 0 Å². The number of benzene rings is 1. The van der Waals surface area contributed by atoms with E-state index in [1.165, 1.54) is 12.1 Å². The summed E-state index contributed by atoms with van der Waals surface area (Å²) in [6.07, 6.45) is 1.66. The van der Waals surface area contributed by atoms with E-state index in [4.69, 9.17) is 11.5 Å². The van der Waals surface area contributed by atoms with Crippen molar-refractivity contribution in [3.63, 3.8) is 0 Å². The van der Waals surface area contributed by atoms with Crippen LogP contribution in [0.15, 0.2) is 47.0 Å². The fourth-order valence-corrected chi connectivity index (χ4v) is 3.48. The SMILES string of the molecule is NC(N)=NC(=O)c1ccc(C2CCN(C(=O)C3=CC=CC3)C2)c(C(F)(F)F)c1. The van der Waals surface area contributed by atoms with Crippen molar-refractivity contribution >= 4 is 17.8 Å². The van der Waals surface area contributed by atoms with Crippen molar-refractivity contribution in [3.05, 3.63) is 58.7 Å². The van der Waals surface area contributed by atoms with Crippen molar-refractivity contribution in [1.29, 1.82) is 0 Å². The maximum absolute atomic E-state index is 13.6. The molecule has 1 fully saturated rings. The van der Waals surface area contributed by atoms with Crippen molar-refractivity contribution in [2.75, 3.05) is 13.1 Å². The quantitative estimate of drug-likeness (QED) is 0.609. The number of hydrogen-bond donors (Lipinski definition) is 2. The molecular weight excluding hydrogens is 373 g/mol. The van der Waals surface area contributed by atoms with Gasteiger partial charge in [0.15, 0.2) is 5.96 Å². The molecule has 3 rings (SSSR count). The molecule has 1 saturated heterocycles. The molecule has 1 aromatic carbocycles. The molecule has 1 aliphatic carbocycles. The van der Waals surface area contributed by atoms with Gasteiger partial charge >= 0.3 is 6.18 Å². The lowest BCUT2D eigenvalue weighted by Crippen LogP contribution is -2.29. The van der Waals surface area contributed by atoms with Gasteiger partial charge in [0, 0.05) is 30.1 Å². The van der Waals surface area contributed by atoms with Crippen LogP contribution >= 0.6 is 0 Å². The van der Waals surface area contributed by atoms with E-state index in [9.17, 15) is 22.8 Å². The number of carbonyl (C=O) groups is 2. The van der Waals surface area contributed by atoms with Gasteiger partial charge < -0.3 is 16.4 Å². The van der Waals surface area contributed by atoms with Crippen molar-refractivity contribution in [2.24, 2.45) is 16.5 Å². The van der Waals surface area contributed by atoms with E-state index in [0.717, 1.165) is 6.07 Å². The number of hydrogen-bond acceptors (Lipinski definition) is 2. The van der Waals surface area contributed by atoms with Crippen LogP contribution in [0.3, 0.4) is 0 Å². The number of alkyl halides is 3. The van der Waals surface area contributed by atoms with E-state index < -0.39 is 29.5 Å². The molecule has 2 amide bonds. The number of carbonyl (C=O) groups excluding carboxylic acids is 2. The van der Waals surface area contributed by atoms with Crippen LogP contribution in [-0.4, -0.2) is 35.8 Å². The predicted octanol–water partition coefficient (Wildman–Crippen LogP) is 2.32. The largest absolute Gasteiger partial charge is 0.416 e. The summed E-state index contributed by atoms with van der Waals surface area (Å²) in [4.78, 5) is 29.2. The van der Waals surface area contributed by atoms with Crippen molar-refractivity contribution in [3.8, 4) is 0 Å². The Labute approximate surface area is 159 Å². The lowest BCUT2D eigenvalue weighted by molar-refractivity contribution is -0.138. The van der Waals surface area contributed by atoms with Gasteiger partial charge in [-0.25, -0.2) is 0 Å². The molecule has 0 saturated carbocycles. The summed E-state index contributed by atoms with van der Waals surface area (Å²) in [5, 5.41) is 0. The Hall–Kier alpha value is -3.10. The Kier molecular flexibility index (Phi) is 5.26. The Morgan fingerprint density at radius 2 is 1.96 bits per heavy atom. The van der Waals surface area contributed by atoms with Crippen LogP contribution in [0, 0.1) is 0 Å². The Morgan fingerprint density at radius 3 is 2.57 bits per heavy atom. The third-order valence-corrected chi connectivity index (χ3v) is 4.80. The number of likely N-dealkylation sites (tertiary alicyclic amines) is 1. The average molecular weight is 392 g/mol. The van der Waals surface area contributed by atoms with Gasteiger partial charge in [-0.2, -0.15) is 18.2 Å². The van der Waals surface area contributed by atoms with Gasteiger partial charge in [-0.05, 0) is 30.5 Å². The molecule has 1 atom stereocenters. The van der Waals surface area contributed by atoms with Gasteiger partial charge in [0.05, 0.1) is 5.56 Å². The number of guanidine groups is 1. The highest BCUT2D eigenvalue weighted by molar-refractivity contribution is 6.02. The monoisotopic (exact) mass is 392 g/mol. The zero-order valence-corrected chi connectivity index (χ0v) is 14.9. The Morgan fingerprint density at radius 1 is 1.21 bits per heavy atom. The molecular formula is C19H19F3N4O2. The van der Waals surface area contributed by atoms with E-state index in [2.05, 4.69) is 4.99 Å². The standard InChI is InChI=1S/C19H19F3N4O2/c20-19(21,22)15-9-12(16(27)25-18(23)24)5-6-14(15)13-7-8-26(10-13)17(28)11-3-1-2-4-11/h1-3,5-6,9,13H,4,7-8,10H2,(H4,23,24,25,27). The van der Waals surface area contributed by atoms with E-state index in [-0.39, 0.29) is 23.6 Å². The van der Waals surface area contributed by atoms with Crippen LogP contribution < -0.4 is 11.5 Å². The summed E-state index contributed by atoms with van der Waals surface area (Å²) < 4.78 is 40.8. The molecule has 1 unspecified atom stereocenters. The summed E-state index contributed by atoms with van der Waals surface area (Å²) in [6, 6.07) is 3.30. The zero-order valence-electron chi connectivity index (χ0n) is 14.9. The molecule has 1 aliphatic heterocycles. The maximum atomic E-state index is 13.6. The van der Waals surface area contributed by atoms with E-state index in [1.54, 1.807) is 17.1 Å². The highest BCUT2D eigenvalue weighted by atomic mass is 19.4. The Balaban J connectivity index is 1.86. The van der Waals surface area contributed by atoms with Gasteiger partial charge in [-0.1, -0.05) is 24.3 Å². The normalized spacial score (nSPS) is 18.9. The molecule has 148 valence electrons. The summed E-state index contributed by atoms with van der Waals surface area (Å²) in [7, 11) is 0. The second-order valence-corrected chi connectivity index (χ2v) is 6.70. The third kappa shape index (κ3) is 4.08. The first-order valence-electron chi connectivity index (χ1n) is 8.67. The second-order valence-electron chi connectivity index (χ2n) is 6.70. The number of allylic oxidation sites excluding steroid dienone is 3. The van der Waals surface area contributed by atoms with Gasteiger partial charge in [-0.3, -0.25) is 9.59 Å².